The van der Waals surface area contributed by atoms with Gasteiger partial charge in [0.05, 0.1) is 27.7 Å². The second-order valence-electron chi connectivity index (χ2n) is 10.1. The molecule has 180 valence electrons. The fourth-order valence-corrected chi connectivity index (χ4v) is 5.66. The predicted octanol–water partition coefficient (Wildman–Crippen LogP) is 4.17. The number of rotatable bonds is 5. The van der Waals surface area contributed by atoms with E-state index in [1.807, 2.05) is 26.0 Å². The molecule has 0 radical (unpaired) electrons. The summed E-state index contributed by atoms with van der Waals surface area (Å²) in [6, 6.07) is 5.51. The molecule has 1 aromatic carbocycles. The molecule has 2 N–H and O–H groups in total. The summed E-state index contributed by atoms with van der Waals surface area (Å²) in [5, 5.41) is 3.58. The SMILES string of the molecule is CC1CN(c2ccc(NC(=O)C3CCC(NS(=O)(=O)C(C)(C)C)CC3)cc2Cl)CC(C)O1. The number of hydrogen-bond donors (Lipinski definition) is 2. The van der Waals surface area contributed by atoms with Crippen molar-refractivity contribution in [3.63, 3.8) is 0 Å². The maximum atomic E-state index is 12.8. The summed E-state index contributed by atoms with van der Waals surface area (Å²) < 4.78 is 32.5. The Kier molecular flexibility index (Phi) is 7.80. The van der Waals surface area contributed by atoms with Crippen molar-refractivity contribution in [2.45, 2.75) is 83.3 Å². The molecule has 1 aromatic rings. The minimum Gasteiger partial charge on any atom is -0.372 e. The van der Waals surface area contributed by atoms with Crippen LogP contribution in [0.5, 0.6) is 0 Å². The molecule has 0 aromatic heterocycles. The third kappa shape index (κ3) is 6.16. The number of hydrogen-bond acceptors (Lipinski definition) is 5. The summed E-state index contributed by atoms with van der Waals surface area (Å²) in [5.41, 5.74) is 1.62. The molecular formula is C23H36ClN3O4S. The topological polar surface area (TPSA) is 87.7 Å². The highest BCUT2D eigenvalue weighted by Crippen LogP contribution is 2.32. The molecule has 1 amide bonds. The third-order valence-electron chi connectivity index (χ3n) is 6.20. The fraction of sp³-hybridized carbons (Fsp3) is 0.696. The van der Waals surface area contributed by atoms with E-state index in [9.17, 15) is 13.2 Å². The summed E-state index contributed by atoms with van der Waals surface area (Å²) in [5.74, 6) is -0.177. The highest BCUT2D eigenvalue weighted by Gasteiger charge is 2.34. The molecule has 2 aliphatic rings. The Morgan fingerprint density at radius 1 is 1.09 bits per heavy atom. The number of carbonyl (C=O) groups excluding carboxylic acids is 1. The summed E-state index contributed by atoms with van der Waals surface area (Å²) in [4.78, 5) is 15.0. The van der Waals surface area contributed by atoms with Crippen molar-refractivity contribution in [3.05, 3.63) is 23.2 Å². The lowest BCUT2D eigenvalue weighted by molar-refractivity contribution is -0.120. The molecule has 32 heavy (non-hydrogen) atoms. The van der Waals surface area contributed by atoms with E-state index in [1.54, 1.807) is 26.8 Å². The molecule has 0 bridgehead atoms. The van der Waals surface area contributed by atoms with Crippen LogP contribution in [0, 0.1) is 5.92 Å². The molecule has 1 aliphatic carbocycles. The first kappa shape index (κ1) is 25.3. The summed E-state index contributed by atoms with van der Waals surface area (Å²) in [6.07, 6.45) is 2.88. The highest BCUT2D eigenvalue weighted by atomic mass is 35.5. The molecule has 1 saturated heterocycles. The van der Waals surface area contributed by atoms with Crippen molar-refractivity contribution >= 4 is 38.9 Å². The highest BCUT2D eigenvalue weighted by molar-refractivity contribution is 7.90. The Hall–Kier alpha value is -1.35. The number of nitrogens with one attached hydrogen (secondary N) is 2. The maximum absolute atomic E-state index is 12.8. The van der Waals surface area contributed by atoms with Gasteiger partial charge in [-0.15, -0.1) is 0 Å². The molecule has 3 rings (SSSR count). The second-order valence-corrected chi connectivity index (χ2v) is 13.0. The lowest BCUT2D eigenvalue weighted by Gasteiger charge is -2.37. The number of anilines is 2. The zero-order chi connectivity index (χ0) is 23.7. The van der Waals surface area contributed by atoms with E-state index in [0.29, 0.717) is 36.4 Å². The van der Waals surface area contributed by atoms with Gasteiger partial charge >= 0.3 is 0 Å². The van der Waals surface area contributed by atoms with Gasteiger partial charge in [0.15, 0.2) is 0 Å². The molecule has 2 atom stereocenters. The molecule has 0 spiro atoms. The lowest BCUT2D eigenvalue weighted by atomic mass is 9.86. The standard InChI is InChI=1S/C23H36ClN3O4S/c1-15-13-27(14-16(2)31-15)21-11-10-19(12-20(21)24)25-22(28)17-6-8-18(9-7-17)26-32(29,30)23(3,4)5/h10-12,15-18,26H,6-9,13-14H2,1-5H3,(H,25,28). The maximum Gasteiger partial charge on any atom is 0.227 e. The Bertz CT molecular complexity index is 914. The Labute approximate surface area is 197 Å². The molecule has 2 fully saturated rings. The molecule has 9 heteroatoms. The average Bonchev–Trinajstić information content (AvgIpc) is 2.66. The van der Waals surface area contributed by atoms with Gasteiger partial charge in [-0.2, -0.15) is 0 Å². The van der Waals surface area contributed by atoms with Crippen LogP contribution in [0.4, 0.5) is 11.4 Å². The molecule has 2 unspecified atom stereocenters. The summed E-state index contributed by atoms with van der Waals surface area (Å²) in [7, 11) is -3.39. The first-order chi connectivity index (χ1) is 14.9. The van der Waals surface area contributed by atoms with Crippen LogP contribution in [0.25, 0.3) is 0 Å². The fourth-order valence-electron chi connectivity index (χ4n) is 4.33. The van der Waals surface area contributed by atoms with Gasteiger partial charge in [0.2, 0.25) is 15.9 Å². The van der Waals surface area contributed by atoms with E-state index in [1.165, 1.54) is 0 Å². The minimum absolute atomic E-state index is 0.0421. The first-order valence-electron chi connectivity index (χ1n) is 11.4. The number of amides is 1. The van der Waals surface area contributed by atoms with Gasteiger partial charge in [0, 0.05) is 30.7 Å². The smallest absolute Gasteiger partial charge is 0.227 e. The van der Waals surface area contributed by atoms with Crippen LogP contribution in [-0.4, -0.2) is 50.4 Å². The van der Waals surface area contributed by atoms with E-state index in [2.05, 4.69) is 14.9 Å². The molecule has 1 aliphatic heterocycles. The zero-order valence-electron chi connectivity index (χ0n) is 19.7. The van der Waals surface area contributed by atoms with Crippen LogP contribution in [0.3, 0.4) is 0 Å². The minimum atomic E-state index is -3.39. The first-order valence-corrected chi connectivity index (χ1v) is 13.2. The Morgan fingerprint density at radius 3 is 2.22 bits per heavy atom. The number of benzene rings is 1. The second kappa shape index (κ2) is 9.87. The van der Waals surface area contributed by atoms with E-state index >= 15 is 0 Å². The predicted molar refractivity (Wildman–Crippen MR) is 130 cm³/mol. The zero-order valence-corrected chi connectivity index (χ0v) is 21.2. The normalized spacial score (nSPS) is 27.2. The van der Waals surface area contributed by atoms with Crippen molar-refractivity contribution in [2.75, 3.05) is 23.3 Å². The van der Waals surface area contributed by atoms with Crippen LogP contribution >= 0.6 is 11.6 Å². The molecule has 7 nitrogen and oxygen atoms in total. The van der Waals surface area contributed by atoms with Gasteiger partial charge < -0.3 is 15.0 Å². The van der Waals surface area contributed by atoms with Gasteiger partial charge in [-0.1, -0.05) is 11.6 Å². The number of halogens is 1. The van der Waals surface area contributed by atoms with E-state index in [4.69, 9.17) is 16.3 Å². The van der Waals surface area contributed by atoms with Crippen molar-refractivity contribution in [1.82, 2.24) is 4.72 Å². The van der Waals surface area contributed by atoms with E-state index < -0.39 is 14.8 Å². The van der Waals surface area contributed by atoms with Crippen LogP contribution in [0.15, 0.2) is 18.2 Å². The third-order valence-corrected chi connectivity index (χ3v) is 8.76. The number of carbonyl (C=O) groups is 1. The Morgan fingerprint density at radius 2 is 1.69 bits per heavy atom. The van der Waals surface area contributed by atoms with Crippen LogP contribution in [0.2, 0.25) is 5.02 Å². The lowest BCUT2D eigenvalue weighted by Crippen LogP contribution is -2.46. The van der Waals surface area contributed by atoms with Crippen molar-refractivity contribution in [3.8, 4) is 0 Å². The number of sulfonamides is 1. The van der Waals surface area contributed by atoms with Crippen LogP contribution in [0.1, 0.15) is 60.3 Å². The van der Waals surface area contributed by atoms with Gasteiger partial charge in [-0.05, 0) is 78.5 Å². The monoisotopic (exact) mass is 485 g/mol. The summed E-state index contributed by atoms with van der Waals surface area (Å²) in [6.45, 7) is 10.7. The van der Waals surface area contributed by atoms with Gasteiger partial charge in [-0.25, -0.2) is 13.1 Å². The van der Waals surface area contributed by atoms with Gasteiger partial charge in [0.25, 0.3) is 0 Å². The number of ether oxygens (including phenoxy) is 1. The van der Waals surface area contributed by atoms with E-state index in [-0.39, 0.29) is 30.1 Å². The number of morpholine rings is 1. The van der Waals surface area contributed by atoms with Gasteiger partial charge in [-0.3, -0.25) is 4.79 Å². The molecule has 1 saturated carbocycles. The largest absolute Gasteiger partial charge is 0.372 e. The number of nitrogens with zero attached hydrogens (tertiary/aromatic N) is 1. The van der Waals surface area contributed by atoms with Crippen LogP contribution in [-0.2, 0) is 19.6 Å². The van der Waals surface area contributed by atoms with Gasteiger partial charge in [0.1, 0.15) is 0 Å². The summed E-state index contributed by atoms with van der Waals surface area (Å²) >= 11 is 6.55. The van der Waals surface area contributed by atoms with Crippen molar-refractivity contribution in [1.29, 1.82) is 0 Å². The van der Waals surface area contributed by atoms with Crippen LogP contribution < -0.4 is 14.9 Å². The average molecular weight is 486 g/mol. The van der Waals surface area contributed by atoms with E-state index in [0.717, 1.165) is 18.8 Å². The quantitative estimate of drug-likeness (QED) is 0.653. The molecule has 1 heterocycles. The Balaban J connectivity index is 1.55. The van der Waals surface area contributed by atoms with Crippen molar-refractivity contribution in [2.24, 2.45) is 5.92 Å². The molecular weight excluding hydrogens is 450 g/mol. The van der Waals surface area contributed by atoms with Crippen molar-refractivity contribution < 1.29 is 17.9 Å².